The fourth-order valence-corrected chi connectivity index (χ4v) is 3.21. The zero-order valence-corrected chi connectivity index (χ0v) is 12.9. The van der Waals surface area contributed by atoms with Crippen molar-refractivity contribution in [1.82, 2.24) is 9.62 Å². The van der Waals surface area contributed by atoms with Gasteiger partial charge in [0.15, 0.2) is 0 Å². The number of amides is 1. The summed E-state index contributed by atoms with van der Waals surface area (Å²) in [5.41, 5.74) is 0. The number of sulfonamides is 1. The van der Waals surface area contributed by atoms with E-state index >= 15 is 0 Å². The van der Waals surface area contributed by atoms with E-state index < -0.39 is 26.6 Å². The molecule has 0 aliphatic rings. The molecule has 0 radical (unpaired) electrons. The van der Waals surface area contributed by atoms with Gasteiger partial charge in [0.2, 0.25) is 15.9 Å². The number of halogens is 2. The van der Waals surface area contributed by atoms with Gasteiger partial charge in [-0.3, -0.25) is 4.79 Å². The summed E-state index contributed by atoms with van der Waals surface area (Å²) in [6.45, 7) is 1.31. The molecule has 0 aromatic heterocycles. The van der Waals surface area contributed by atoms with Crippen LogP contribution in [0.3, 0.4) is 0 Å². The molecule has 0 fully saturated rings. The third kappa shape index (κ3) is 3.74. The van der Waals surface area contributed by atoms with Gasteiger partial charge in [-0.2, -0.15) is 4.31 Å². The average Bonchev–Trinajstić information content (AvgIpc) is 2.34. The zero-order valence-electron chi connectivity index (χ0n) is 10.5. The van der Waals surface area contributed by atoms with E-state index in [4.69, 9.17) is 0 Å². The van der Waals surface area contributed by atoms with Crippen LogP contribution in [-0.4, -0.2) is 38.8 Å². The lowest BCUT2D eigenvalue weighted by atomic mass is 10.3. The molecule has 0 spiro atoms. The standard InChI is InChI=1S/C11H14BrFN2O3S/c1-3-15(7-11(16)14-2)19(17,18)10-5-4-8(12)6-9(10)13/h4-6H,3,7H2,1-2H3,(H,14,16). The van der Waals surface area contributed by atoms with Gasteiger partial charge >= 0.3 is 0 Å². The van der Waals surface area contributed by atoms with E-state index in [1.165, 1.54) is 19.2 Å². The topological polar surface area (TPSA) is 66.5 Å². The fourth-order valence-electron chi connectivity index (χ4n) is 1.43. The van der Waals surface area contributed by atoms with E-state index in [-0.39, 0.29) is 13.1 Å². The monoisotopic (exact) mass is 352 g/mol. The second kappa shape index (κ2) is 6.44. The molecule has 19 heavy (non-hydrogen) atoms. The molecule has 0 saturated heterocycles. The minimum atomic E-state index is -4.03. The number of carbonyl (C=O) groups excluding carboxylic acids is 1. The Morgan fingerprint density at radius 1 is 1.47 bits per heavy atom. The highest BCUT2D eigenvalue weighted by Crippen LogP contribution is 2.22. The molecule has 1 N–H and O–H groups in total. The quantitative estimate of drug-likeness (QED) is 0.869. The summed E-state index contributed by atoms with van der Waals surface area (Å²) in [5, 5.41) is 2.33. The lowest BCUT2D eigenvalue weighted by Crippen LogP contribution is -2.39. The maximum atomic E-state index is 13.7. The number of nitrogens with zero attached hydrogens (tertiary/aromatic N) is 1. The van der Waals surface area contributed by atoms with Crippen LogP contribution in [0.4, 0.5) is 4.39 Å². The van der Waals surface area contributed by atoms with Gasteiger partial charge in [-0.1, -0.05) is 22.9 Å². The van der Waals surface area contributed by atoms with Crippen LogP contribution in [0, 0.1) is 5.82 Å². The number of likely N-dealkylation sites (N-methyl/N-ethyl adjacent to an activating group) is 2. The zero-order chi connectivity index (χ0) is 14.6. The van der Waals surface area contributed by atoms with Gasteiger partial charge in [-0.25, -0.2) is 12.8 Å². The van der Waals surface area contributed by atoms with Crippen LogP contribution in [0.2, 0.25) is 0 Å². The van der Waals surface area contributed by atoms with Crippen LogP contribution in [0.15, 0.2) is 27.6 Å². The summed E-state index contributed by atoms with van der Waals surface area (Å²) >= 11 is 3.06. The molecule has 0 saturated carbocycles. The molecule has 0 atom stereocenters. The molecule has 0 heterocycles. The summed E-state index contributed by atoms with van der Waals surface area (Å²) in [5.74, 6) is -1.31. The van der Waals surface area contributed by atoms with Crippen LogP contribution in [-0.2, 0) is 14.8 Å². The molecule has 1 amide bonds. The minimum absolute atomic E-state index is 0.0747. The Morgan fingerprint density at radius 2 is 2.11 bits per heavy atom. The Bertz CT molecular complexity index is 577. The normalized spacial score (nSPS) is 11.6. The van der Waals surface area contributed by atoms with E-state index in [2.05, 4.69) is 21.2 Å². The number of hydrogen-bond donors (Lipinski definition) is 1. The second-order valence-corrected chi connectivity index (χ2v) is 6.50. The molecule has 0 unspecified atom stereocenters. The Balaban J connectivity index is 3.17. The molecule has 1 aromatic carbocycles. The molecule has 0 bridgehead atoms. The second-order valence-electron chi connectivity index (χ2n) is 3.68. The number of rotatable bonds is 5. The van der Waals surface area contributed by atoms with E-state index in [1.54, 1.807) is 6.92 Å². The molecular weight excluding hydrogens is 339 g/mol. The van der Waals surface area contributed by atoms with Crippen molar-refractivity contribution in [2.45, 2.75) is 11.8 Å². The van der Waals surface area contributed by atoms with Crippen LogP contribution < -0.4 is 5.32 Å². The van der Waals surface area contributed by atoms with Crippen molar-refractivity contribution in [2.24, 2.45) is 0 Å². The molecular formula is C11H14BrFN2O3S. The Hall–Kier alpha value is -0.990. The lowest BCUT2D eigenvalue weighted by molar-refractivity contribution is -0.120. The maximum Gasteiger partial charge on any atom is 0.246 e. The van der Waals surface area contributed by atoms with E-state index in [0.717, 1.165) is 10.4 Å². The molecule has 106 valence electrons. The van der Waals surface area contributed by atoms with Crippen molar-refractivity contribution >= 4 is 31.9 Å². The molecule has 5 nitrogen and oxygen atoms in total. The highest BCUT2D eigenvalue weighted by Gasteiger charge is 2.27. The van der Waals surface area contributed by atoms with Crippen LogP contribution in [0.25, 0.3) is 0 Å². The highest BCUT2D eigenvalue weighted by molar-refractivity contribution is 9.10. The van der Waals surface area contributed by atoms with Crippen LogP contribution >= 0.6 is 15.9 Å². The average molecular weight is 353 g/mol. The van der Waals surface area contributed by atoms with Crippen molar-refractivity contribution in [3.63, 3.8) is 0 Å². The summed E-state index contributed by atoms with van der Waals surface area (Å²) in [7, 11) is -2.62. The third-order valence-electron chi connectivity index (χ3n) is 2.46. The third-order valence-corrected chi connectivity index (χ3v) is 4.91. The predicted octanol–water partition coefficient (Wildman–Crippen LogP) is 1.34. The Morgan fingerprint density at radius 3 is 2.58 bits per heavy atom. The molecule has 1 aromatic rings. The first kappa shape index (κ1) is 16.1. The van der Waals surface area contributed by atoms with Crippen molar-refractivity contribution in [2.75, 3.05) is 20.1 Å². The number of carbonyl (C=O) groups is 1. The lowest BCUT2D eigenvalue weighted by Gasteiger charge is -2.19. The fraction of sp³-hybridized carbons (Fsp3) is 0.364. The van der Waals surface area contributed by atoms with Gasteiger partial charge in [0, 0.05) is 18.1 Å². The van der Waals surface area contributed by atoms with Crippen molar-refractivity contribution in [3.05, 3.63) is 28.5 Å². The molecule has 0 aliphatic heterocycles. The van der Waals surface area contributed by atoms with E-state index in [9.17, 15) is 17.6 Å². The summed E-state index contributed by atoms with van der Waals surface area (Å²) < 4.78 is 39.6. The first-order valence-corrected chi connectivity index (χ1v) is 7.72. The SMILES string of the molecule is CCN(CC(=O)NC)S(=O)(=O)c1ccc(Br)cc1F. The summed E-state index contributed by atoms with van der Waals surface area (Å²) in [4.78, 5) is 10.8. The van der Waals surface area contributed by atoms with Gasteiger partial charge in [0.1, 0.15) is 10.7 Å². The van der Waals surface area contributed by atoms with Crippen molar-refractivity contribution < 1.29 is 17.6 Å². The van der Waals surface area contributed by atoms with Crippen LogP contribution in [0.1, 0.15) is 6.92 Å². The maximum absolute atomic E-state index is 13.7. The highest BCUT2D eigenvalue weighted by atomic mass is 79.9. The first-order chi connectivity index (χ1) is 8.82. The van der Waals surface area contributed by atoms with Crippen LogP contribution in [0.5, 0.6) is 0 Å². The van der Waals surface area contributed by atoms with Gasteiger partial charge in [-0.15, -0.1) is 0 Å². The van der Waals surface area contributed by atoms with Gasteiger partial charge < -0.3 is 5.32 Å². The van der Waals surface area contributed by atoms with Gasteiger partial charge in [0.25, 0.3) is 0 Å². The first-order valence-electron chi connectivity index (χ1n) is 5.48. The summed E-state index contributed by atoms with van der Waals surface area (Å²) in [6.07, 6.45) is 0. The Labute approximate surface area is 120 Å². The number of benzene rings is 1. The predicted molar refractivity (Wildman–Crippen MR) is 72.6 cm³/mol. The number of nitrogens with one attached hydrogen (secondary N) is 1. The minimum Gasteiger partial charge on any atom is -0.358 e. The van der Waals surface area contributed by atoms with Crippen molar-refractivity contribution in [1.29, 1.82) is 0 Å². The molecule has 1 rings (SSSR count). The molecule has 0 aliphatic carbocycles. The smallest absolute Gasteiger partial charge is 0.246 e. The summed E-state index contributed by atoms with van der Waals surface area (Å²) in [6, 6.07) is 3.67. The van der Waals surface area contributed by atoms with Gasteiger partial charge in [-0.05, 0) is 18.2 Å². The van der Waals surface area contributed by atoms with E-state index in [0.29, 0.717) is 4.47 Å². The van der Waals surface area contributed by atoms with E-state index in [1.807, 2.05) is 0 Å². The van der Waals surface area contributed by atoms with Gasteiger partial charge in [0.05, 0.1) is 6.54 Å². The Kier molecular flexibility index (Phi) is 5.45. The largest absolute Gasteiger partial charge is 0.358 e. The number of hydrogen-bond acceptors (Lipinski definition) is 3. The van der Waals surface area contributed by atoms with Crippen molar-refractivity contribution in [3.8, 4) is 0 Å². The molecule has 8 heteroatoms.